The van der Waals surface area contributed by atoms with E-state index in [9.17, 15) is 18.0 Å². The number of amides is 1. The van der Waals surface area contributed by atoms with Crippen molar-refractivity contribution < 1.29 is 18.0 Å². The fourth-order valence-electron chi connectivity index (χ4n) is 2.35. The Kier molecular flexibility index (Phi) is 6.02. The number of likely N-dealkylation sites (N-methyl/N-ethyl adjacent to an activating group) is 1. The highest BCUT2D eigenvalue weighted by Crippen LogP contribution is 2.32. The lowest BCUT2D eigenvalue weighted by molar-refractivity contribution is -0.141. The van der Waals surface area contributed by atoms with Gasteiger partial charge in [-0.15, -0.1) is 22.7 Å². The minimum absolute atomic E-state index is 0.00320. The molecule has 0 aliphatic heterocycles. The molecular formula is C16H14BrF3N4OS2. The highest BCUT2D eigenvalue weighted by Gasteiger charge is 2.29. The summed E-state index contributed by atoms with van der Waals surface area (Å²) in [5.74, 6) is -0.0497. The first-order chi connectivity index (χ1) is 12.7. The summed E-state index contributed by atoms with van der Waals surface area (Å²) in [5.41, 5.74) is 0.634. The monoisotopic (exact) mass is 478 g/mol. The highest BCUT2D eigenvalue weighted by molar-refractivity contribution is 9.10. The van der Waals surface area contributed by atoms with Gasteiger partial charge in [-0.05, 0) is 22.0 Å². The van der Waals surface area contributed by atoms with Crippen molar-refractivity contribution in [2.24, 2.45) is 0 Å². The zero-order chi connectivity index (χ0) is 19.6. The van der Waals surface area contributed by atoms with Crippen molar-refractivity contribution in [3.05, 3.63) is 45.2 Å². The van der Waals surface area contributed by atoms with Crippen molar-refractivity contribution in [1.82, 2.24) is 19.4 Å². The van der Waals surface area contributed by atoms with Crippen LogP contribution in [0.5, 0.6) is 0 Å². The molecule has 27 heavy (non-hydrogen) atoms. The first-order valence-electron chi connectivity index (χ1n) is 7.71. The fraction of sp³-hybridized carbons (Fsp3) is 0.312. The van der Waals surface area contributed by atoms with Gasteiger partial charge in [0.2, 0.25) is 5.91 Å². The van der Waals surface area contributed by atoms with Crippen LogP contribution in [0, 0.1) is 0 Å². The summed E-state index contributed by atoms with van der Waals surface area (Å²) in [7, 11) is 1.54. The third-order valence-electron chi connectivity index (χ3n) is 3.62. The van der Waals surface area contributed by atoms with Gasteiger partial charge in [0.05, 0.1) is 23.5 Å². The number of hydrogen-bond donors (Lipinski definition) is 0. The Bertz CT molecular complexity index is 934. The maximum Gasteiger partial charge on any atom is 0.406 e. The summed E-state index contributed by atoms with van der Waals surface area (Å²) in [5, 5.41) is 4.61. The van der Waals surface area contributed by atoms with Crippen molar-refractivity contribution in [3.63, 3.8) is 0 Å². The van der Waals surface area contributed by atoms with E-state index in [2.05, 4.69) is 25.9 Å². The largest absolute Gasteiger partial charge is 0.406 e. The molecule has 0 aromatic carbocycles. The van der Waals surface area contributed by atoms with E-state index in [1.54, 1.807) is 18.4 Å². The number of alkyl halides is 3. The lowest BCUT2D eigenvalue weighted by atomic mass is 10.3. The van der Waals surface area contributed by atoms with E-state index in [1.807, 2.05) is 16.8 Å². The lowest BCUT2D eigenvalue weighted by Gasteiger charge is -2.18. The molecule has 3 aromatic heterocycles. The summed E-state index contributed by atoms with van der Waals surface area (Å²) in [6.45, 7) is -1.13. The van der Waals surface area contributed by atoms with Gasteiger partial charge in [0.25, 0.3) is 0 Å². The van der Waals surface area contributed by atoms with E-state index in [1.165, 1.54) is 28.6 Å². The molecule has 0 radical (unpaired) electrons. The molecule has 0 spiro atoms. The number of rotatable bonds is 6. The second-order valence-corrected chi connectivity index (χ2v) is 8.47. The van der Waals surface area contributed by atoms with Crippen LogP contribution in [-0.2, 0) is 24.3 Å². The summed E-state index contributed by atoms with van der Waals surface area (Å²) in [6, 6.07) is 1.96. The number of halogens is 4. The van der Waals surface area contributed by atoms with Gasteiger partial charge in [0.15, 0.2) is 0 Å². The number of thiazole rings is 1. The third kappa shape index (κ3) is 5.39. The van der Waals surface area contributed by atoms with Gasteiger partial charge in [-0.2, -0.15) is 13.2 Å². The normalized spacial score (nSPS) is 11.7. The number of carbonyl (C=O) groups is 1. The van der Waals surface area contributed by atoms with Crippen molar-refractivity contribution in [2.45, 2.75) is 25.7 Å². The molecular weight excluding hydrogens is 465 g/mol. The summed E-state index contributed by atoms with van der Waals surface area (Å²) in [6.07, 6.45) is -1.70. The van der Waals surface area contributed by atoms with E-state index in [4.69, 9.17) is 0 Å². The van der Waals surface area contributed by atoms with Gasteiger partial charge < -0.3 is 9.47 Å². The standard InChI is InChI=1S/C16H14BrF3N4OS2/c1-23(6-13-21-2-3-24(13)9-16(18,19)20)14(25)5-11-8-27-15(22-11)12-4-10(17)7-26-12/h2-4,7-8H,5-6,9H2,1H3. The van der Waals surface area contributed by atoms with Crippen LogP contribution in [0.25, 0.3) is 9.88 Å². The molecule has 0 atom stereocenters. The minimum atomic E-state index is -4.34. The van der Waals surface area contributed by atoms with E-state index < -0.39 is 12.7 Å². The summed E-state index contributed by atoms with van der Waals surface area (Å²) >= 11 is 6.40. The van der Waals surface area contributed by atoms with Gasteiger partial charge in [-0.3, -0.25) is 4.79 Å². The van der Waals surface area contributed by atoms with E-state index in [-0.39, 0.29) is 24.7 Å². The zero-order valence-corrected chi connectivity index (χ0v) is 17.3. The SMILES string of the molecule is CN(Cc1nccn1CC(F)(F)F)C(=O)Cc1csc(-c2cc(Br)cs2)n1. The van der Waals surface area contributed by atoms with Gasteiger partial charge in [-0.25, -0.2) is 9.97 Å². The Morgan fingerprint density at radius 3 is 2.78 bits per heavy atom. The van der Waals surface area contributed by atoms with Crippen molar-refractivity contribution in [1.29, 1.82) is 0 Å². The van der Waals surface area contributed by atoms with Crippen LogP contribution in [0.15, 0.2) is 33.7 Å². The summed E-state index contributed by atoms with van der Waals surface area (Å²) in [4.78, 5) is 23.2. The molecule has 0 aliphatic rings. The molecule has 3 rings (SSSR count). The Labute approximate surface area is 169 Å². The molecule has 5 nitrogen and oxygen atoms in total. The van der Waals surface area contributed by atoms with Gasteiger partial charge in [0.1, 0.15) is 17.4 Å². The number of aromatic nitrogens is 3. The number of nitrogens with zero attached hydrogens (tertiary/aromatic N) is 4. The van der Waals surface area contributed by atoms with Crippen molar-refractivity contribution in [2.75, 3.05) is 7.05 Å². The van der Waals surface area contributed by atoms with E-state index >= 15 is 0 Å². The first-order valence-corrected chi connectivity index (χ1v) is 10.3. The lowest BCUT2D eigenvalue weighted by Crippen LogP contribution is -2.30. The van der Waals surface area contributed by atoms with Crippen LogP contribution in [0.1, 0.15) is 11.5 Å². The molecule has 3 heterocycles. The molecule has 0 saturated heterocycles. The molecule has 0 N–H and O–H groups in total. The van der Waals surface area contributed by atoms with Gasteiger partial charge in [-0.1, -0.05) is 0 Å². The smallest absolute Gasteiger partial charge is 0.338 e. The molecule has 0 saturated carbocycles. The van der Waals surface area contributed by atoms with Gasteiger partial charge in [0, 0.05) is 34.7 Å². The fourth-order valence-corrected chi connectivity index (χ4v) is 4.67. The molecule has 0 unspecified atom stereocenters. The van der Waals surface area contributed by atoms with Crippen molar-refractivity contribution >= 4 is 44.5 Å². The first kappa shape index (κ1) is 20.0. The van der Waals surface area contributed by atoms with Crippen LogP contribution in [0.4, 0.5) is 13.2 Å². The molecule has 0 bridgehead atoms. The Balaban J connectivity index is 1.62. The predicted octanol–water partition coefficient (Wildman–Crippen LogP) is 4.59. The van der Waals surface area contributed by atoms with Crippen LogP contribution >= 0.6 is 38.6 Å². The molecule has 11 heteroatoms. The van der Waals surface area contributed by atoms with Crippen molar-refractivity contribution in [3.8, 4) is 9.88 Å². The van der Waals surface area contributed by atoms with Crippen LogP contribution in [0.3, 0.4) is 0 Å². The number of thiophene rings is 1. The number of imidazole rings is 1. The molecule has 0 fully saturated rings. The Morgan fingerprint density at radius 1 is 1.33 bits per heavy atom. The quantitative estimate of drug-likeness (QED) is 0.520. The van der Waals surface area contributed by atoms with Crippen LogP contribution < -0.4 is 0 Å². The third-order valence-corrected chi connectivity index (χ3v) is 6.37. The topological polar surface area (TPSA) is 51.0 Å². The Hall–Kier alpha value is -1.72. The molecule has 1 amide bonds. The van der Waals surface area contributed by atoms with E-state index in [0.717, 1.165) is 18.9 Å². The highest BCUT2D eigenvalue weighted by atomic mass is 79.9. The maximum absolute atomic E-state index is 12.6. The number of hydrogen-bond acceptors (Lipinski definition) is 5. The minimum Gasteiger partial charge on any atom is -0.338 e. The average molecular weight is 479 g/mol. The van der Waals surface area contributed by atoms with Crippen LogP contribution in [-0.4, -0.2) is 38.6 Å². The maximum atomic E-state index is 12.6. The average Bonchev–Trinajstić information content (AvgIpc) is 3.28. The zero-order valence-electron chi connectivity index (χ0n) is 14.0. The molecule has 0 aliphatic carbocycles. The molecule has 3 aromatic rings. The summed E-state index contributed by atoms with van der Waals surface area (Å²) < 4.78 is 39.7. The van der Waals surface area contributed by atoms with Gasteiger partial charge >= 0.3 is 6.18 Å². The molecule has 144 valence electrons. The Morgan fingerprint density at radius 2 is 2.11 bits per heavy atom. The second kappa shape index (κ2) is 8.11. The van der Waals surface area contributed by atoms with Crippen LogP contribution in [0.2, 0.25) is 0 Å². The number of carbonyl (C=O) groups excluding carboxylic acids is 1. The predicted molar refractivity (Wildman–Crippen MR) is 102 cm³/mol. The van der Waals surface area contributed by atoms with E-state index in [0.29, 0.717) is 5.69 Å². The second-order valence-electron chi connectivity index (χ2n) is 5.79.